The van der Waals surface area contributed by atoms with Crippen LogP contribution in [0, 0.1) is 0 Å². The Morgan fingerprint density at radius 1 is 0.810 bits per heavy atom. The van der Waals surface area contributed by atoms with Gasteiger partial charge in [-0.25, -0.2) is 9.97 Å². The smallest absolute Gasteiger partial charge is 0.220 e. The Balaban J connectivity index is 2.18. The van der Waals surface area contributed by atoms with Gasteiger partial charge in [0.15, 0.2) is 0 Å². The first-order valence-electron chi connectivity index (χ1n) is 6.82. The monoisotopic (exact) mass is 271 g/mol. The number of nitrogen functional groups attached to an aromatic ring is 1. The topological polar surface area (TPSA) is 51.8 Å². The summed E-state index contributed by atoms with van der Waals surface area (Å²) in [5.41, 5.74) is 9.02. The van der Waals surface area contributed by atoms with Crippen molar-refractivity contribution in [3.8, 4) is 11.1 Å². The number of nitrogens with two attached hydrogens (primary N) is 1. The van der Waals surface area contributed by atoms with Crippen molar-refractivity contribution in [1.82, 2.24) is 9.97 Å². The summed E-state index contributed by atoms with van der Waals surface area (Å²) in [6, 6.07) is 20.8. The quantitative estimate of drug-likeness (QED) is 0.532. The van der Waals surface area contributed by atoms with E-state index in [1.807, 2.05) is 30.3 Å². The van der Waals surface area contributed by atoms with Crippen molar-refractivity contribution >= 4 is 27.6 Å². The van der Waals surface area contributed by atoms with E-state index in [2.05, 4.69) is 40.3 Å². The fourth-order valence-electron chi connectivity index (χ4n) is 2.74. The van der Waals surface area contributed by atoms with Crippen molar-refractivity contribution in [1.29, 1.82) is 0 Å². The molecule has 4 aromatic rings. The van der Waals surface area contributed by atoms with Crippen LogP contribution in [0.4, 0.5) is 5.95 Å². The molecule has 0 unspecified atom stereocenters. The number of aromatic nitrogens is 2. The fourth-order valence-corrected chi connectivity index (χ4v) is 2.74. The molecule has 100 valence electrons. The van der Waals surface area contributed by atoms with Crippen LogP contribution in [0.5, 0.6) is 0 Å². The molecule has 3 heteroatoms. The summed E-state index contributed by atoms with van der Waals surface area (Å²) in [5, 5.41) is 3.28. The summed E-state index contributed by atoms with van der Waals surface area (Å²) in [6.45, 7) is 0. The van der Waals surface area contributed by atoms with Crippen molar-refractivity contribution in [3.63, 3.8) is 0 Å². The van der Waals surface area contributed by atoms with Gasteiger partial charge >= 0.3 is 0 Å². The second kappa shape index (κ2) is 4.56. The largest absolute Gasteiger partial charge is 0.368 e. The minimum atomic E-state index is 0.306. The molecule has 3 aromatic carbocycles. The SMILES string of the molecule is Nc1ncc2cc(-c3ccccc3)c3ccccc3c2n1. The number of fused-ring (bicyclic) bond motifs is 3. The second-order valence-corrected chi connectivity index (χ2v) is 5.00. The van der Waals surface area contributed by atoms with Crippen molar-refractivity contribution in [2.24, 2.45) is 0 Å². The van der Waals surface area contributed by atoms with Crippen LogP contribution >= 0.6 is 0 Å². The first-order chi connectivity index (χ1) is 10.3. The Labute approximate surface area is 122 Å². The van der Waals surface area contributed by atoms with Gasteiger partial charge in [-0.05, 0) is 22.6 Å². The average molecular weight is 271 g/mol. The minimum absolute atomic E-state index is 0.306. The predicted octanol–water partition coefficient (Wildman–Crippen LogP) is 4.03. The first kappa shape index (κ1) is 11.9. The number of benzene rings is 3. The molecule has 4 rings (SSSR count). The molecule has 0 saturated carbocycles. The Morgan fingerprint density at radius 3 is 2.33 bits per heavy atom. The Kier molecular flexibility index (Phi) is 2.57. The number of nitrogens with zero attached hydrogens (tertiary/aromatic N) is 2. The maximum absolute atomic E-state index is 5.74. The van der Waals surface area contributed by atoms with Crippen LogP contribution in [0.15, 0.2) is 66.9 Å². The van der Waals surface area contributed by atoms with Gasteiger partial charge in [-0.15, -0.1) is 0 Å². The van der Waals surface area contributed by atoms with Crippen LogP contribution in [-0.4, -0.2) is 9.97 Å². The van der Waals surface area contributed by atoms with Crippen LogP contribution in [0.3, 0.4) is 0 Å². The summed E-state index contributed by atoms with van der Waals surface area (Å²) in [4.78, 5) is 8.52. The predicted molar refractivity (Wildman–Crippen MR) is 86.9 cm³/mol. The highest BCUT2D eigenvalue weighted by Gasteiger charge is 2.09. The summed E-state index contributed by atoms with van der Waals surface area (Å²) in [7, 11) is 0. The van der Waals surface area contributed by atoms with E-state index in [4.69, 9.17) is 5.73 Å². The molecule has 0 radical (unpaired) electrons. The fraction of sp³-hybridized carbons (Fsp3) is 0. The number of rotatable bonds is 1. The molecular formula is C18H13N3. The summed E-state index contributed by atoms with van der Waals surface area (Å²) >= 11 is 0. The summed E-state index contributed by atoms with van der Waals surface area (Å²) in [5.74, 6) is 0.306. The lowest BCUT2D eigenvalue weighted by Gasteiger charge is -2.10. The standard InChI is InChI=1S/C18H13N3/c19-18-20-11-13-10-16(12-6-2-1-3-7-12)14-8-4-5-9-15(14)17(13)21-18/h1-11H,(H2,19,20,21). The van der Waals surface area contributed by atoms with Crippen LogP contribution in [-0.2, 0) is 0 Å². The molecule has 0 spiro atoms. The lowest BCUT2D eigenvalue weighted by molar-refractivity contribution is 1.24. The van der Waals surface area contributed by atoms with E-state index < -0.39 is 0 Å². The van der Waals surface area contributed by atoms with Crippen molar-refractivity contribution in [3.05, 3.63) is 66.9 Å². The van der Waals surface area contributed by atoms with E-state index in [1.165, 1.54) is 16.5 Å². The number of anilines is 1. The third-order valence-electron chi connectivity index (χ3n) is 3.69. The Morgan fingerprint density at radius 2 is 1.52 bits per heavy atom. The van der Waals surface area contributed by atoms with E-state index in [0.29, 0.717) is 5.95 Å². The van der Waals surface area contributed by atoms with Gasteiger partial charge < -0.3 is 5.73 Å². The highest BCUT2D eigenvalue weighted by atomic mass is 15.0. The summed E-state index contributed by atoms with van der Waals surface area (Å²) in [6.07, 6.45) is 1.79. The van der Waals surface area contributed by atoms with Crippen molar-refractivity contribution in [2.45, 2.75) is 0 Å². The molecule has 0 aliphatic heterocycles. The van der Waals surface area contributed by atoms with Crippen LogP contribution in [0.25, 0.3) is 32.8 Å². The van der Waals surface area contributed by atoms with Gasteiger partial charge in [0.05, 0.1) is 5.52 Å². The van der Waals surface area contributed by atoms with E-state index >= 15 is 0 Å². The Bertz CT molecular complexity index is 946. The second-order valence-electron chi connectivity index (χ2n) is 5.00. The zero-order valence-corrected chi connectivity index (χ0v) is 11.3. The lowest BCUT2D eigenvalue weighted by atomic mass is 9.96. The van der Waals surface area contributed by atoms with Crippen LogP contribution < -0.4 is 5.73 Å². The third-order valence-corrected chi connectivity index (χ3v) is 3.69. The van der Waals surface area contributed by atoms with Gasteiger partial charge in [0, 0.05) is 17.0 Å². The molecule has 1 aromatic heterocycles. The maximum atomic E-state index is 5.74. The molecule has 1 heterocycles. The molecule has 0 aliphatic carbocycles. The van der Waals surface area contributed by atoms with Gasteiger partial charge in [0.25, 0.3) is 0 Å². The Hall–Kier alpha value is -2.94. The number of hydrogen-bond acceptors (Lipinski definition) is 3. The highest BCUT2D eigenvalue weighted by molar-refractivity contribution is 6.12. The van der Waals surface area contributed by atoms with Crippen LogP contribution in [0.2, 0.25) is 0 Å². The van der Waals surface area contributed by atoms with Crippen LogP contribution in [0.1, 0.15) is 0 Å². The molecule has 0 saturated heterocycles. The van der Waals surface area contributed by atoms with Gasteiger partial charge in [0.2, 0.25) is 5.95 Å². The average Bonchev–Trinajstić information content (AvgIpc) is 2.55. The molecule has 0 atom stereocenters. The van der Waals surface area contributed by atoms with Gasteiger partial charge in [-0.2, -0.15) is 0 Å². The van der Waals surface area contributed by atoms with Gasteiger partial charge in [-0.1, -0.05) is 54.6 Å². The van der Waals surface area contributed by atoms with E-state index in [1.54, 1.807) is 6.20 Å². The van der Waals surface area contributed by atoms with Gasteiger partial charge in [0.1, 0.15) is 0 Å². The van der Waals surface area contributed by atoms with E-state index in [0.717, 1.165) is 16.3 Å². The van der Waals surface area contributed by atoms with Gasteiger partial charge in [-0.3, -0.25) is 0 Å². The minimum Gasteiger partial charge on any atom is -0.368 e. The summed E-state index contributed by atoms with van der Waals surface area (Å²) < 4.78 is 0. The first-order valence-corrected chi connectivity index (χ1v) is 6.82. The van der Waals surface area contributed by atoms with Crippen molar-refractivity contribution < 1.29 is 0 Å². The zero-order chi connectivity index (χ0) is 14.2. The molecule has 0 amide bonds. The number of hydrogen-bond donors (Lipinski definition) is 1. The zero-order valence-electron chi connectivity index (χ0n) is 11.3. The van der Waals surface area contributed by atoms with E-state index in [9.17, 15) is 0 Å². The highest BCUT2D eigenvalue weighted by Crippen LogP contribution is 2.33. The molecule has 3 nitrogen and oxygen atoms in total. The molecule has 0 fully saturated rings. The van der Waals surface area contributed by atoms with E-state index in [-0.39, 0.29) is 0 Å². The molecule has 2 N–H and O–H groups in total. The third kappa shape index (κ3) is 1.91. The van der Waals surface area contributed by atoms with Crippen molar-refractivity contribution in [2.75, 3.05) is 5.73 Å². The maximum Gasteiger partial charge on any atom is 0.220 e. The molecular weight excluding hydrogens is 258 g/mol. The molecule has 0 bridgehead atoms. The lowest BCUT2D eigenvalue weighted by Crippen LogP contribution is -1.95. The molecule has 21 heavy (non-hydrogen) atoms. The molecule has 0 aliphatic rings. The normalized spacial score (nSPS) is 11.0.